The number of anilines is 1. The summed E-state index contributed by atoms with van der Waals surface area (Å²) < 4.78 is 11.8. The summed E-state index contributed by atoms with van der Waals surface area (Å²) in [6.07, 6.45) is 2.88. The zero-order valence-corrected chi connectivity index (χ0v) is 21.3. The van der Waals surface area contributed by atoms with Crippen LogP contribution in [0.2, 0.25) is 0 Å². The monoisotopic (exact) mass is 497 g/mol. The van der Waals surface area contributed by atoms with E-state index in [1.165, 1.54) is 6.07 Å². The molecule has 0 spiro atoms. The van der Waals surface area contributed by atoms with Crippen molar-refractivity contribution in [2.75, 3.05) is 4.90 Å². The normalized spacial score (nSPS) is 21.2. The highest BCUT2D eigenvalue weighted by Crippen LogP contribution is 2.36. The summed E-state index contributed by atoms with van der Waals surface area (Å²) in [4.78, 5) is 40.5. The second-order valence-electron chi connectivity index (χ2n) is 10.4. The largest absolute Gasteiger partial charge is 0.458 e. The average Bonchev–Trinajstić information content (AvgIpc) is 3.14. The van der Waals surface area contributed by atoms with Crippen LogP contribution in [0.5, 0.6) is 11.5 Å². The standard InChI is InChI=1S/C31H31NO5/c1-19(2)25-15-9-20(3)17-28(25)37-31(35)21-10-16-26-27(18-21)30(34)32(29(26)33)22-11-13-24(14-12-22)36-23-7-5-4-6-8-23/h4-8,10-14,16,18-20,25,28H,9,15,17H2,1-3H3. The zero-order chi connectivity index (χ0) is 26.1. The first-order valence-electron chi connectivity index (χ1n) is 12.9. The predicted octanol–water partition coefficient (Wildman–Crippen LogP) is 6.90. The molecular weight excluding hydrogens is 466 g/mol. The number of carbonyl (C=O) groups excluding carboxylic acids is 3. The fourth-order valence-corrected chi connectivity index (χ4v) is 5.35. The first-order valence-corrected chi connectivity index (χ1v) is 12.9. The molecule has 3 unspecified atom stereocenters. The Labute approximate surface area is 217 Å². The van der Waals surface area contributed by atoms with Crippen LogP contribution in [-0.2, 0) is 4.74 Å². The minimum atomic E-state index is -0.460. The molecule has 0 aromatic heterocycles. The molecule has 2 aliphatic rings. The Morgan fingerprint density at radius 3 is 2.24 bits per heavy atom. The summed E-state index contributed by atoms with van der Waals surface area (Å²) >= 11 is 0. The van der Waals surface area contributed by atoms with E-state index in [2.05, 4.69) is 20.8 Å². The van der Waals surface area contributed by atoms with Gasteiger partial charge in [0, 0.05) is 0 Å². The number of hydrogen-bond acceptors (Lipinski definition) is 5. The molecule has 6 heteroatoms. The van der Waals surface area contributed by atoms with Crippen LogP contribution in [0.3, 0.4) is 0 Å². The first kappa shape index (κ1) is 24.8. The van der Waals surface area contributed by atoms with E-state index in [-0.39, 0.29) is 22.8 Å². The van der Waals surface area contributed by atoms with Gasteiger partial charge in [0.1, 0.15) is 17.6 Å². The van der Waals surface area contributed by atoms with Gasteiger partial charge < -0.3 is 9.47 Å². The van der Waals surface area contributed by atoms with E-state index >= 15 is 0 Å². The summed E-state index contributed by atoms with van der Waals surface area (Å²) in [5.41, 5.74) is 1.21. The van der Waals surface area contributed by atoms with Gasteiger partial charge in [0.15, 0.2) is 0 Å². The van der Waals surface area contributed by atoms with Crippen molar-refractivity contribution in [1.29, 1.82) is 0 Å². The van der Waals surface area contributed by atoms with Gasteiger partial charge in [0.05, 0.1) is 22.4 Å². The number of nitrogens with zero attached hydrogens (tertiary/aromatic N) is 1. The quantitative estimate of drug-likeness (QED) is 0.274. The Kier molecular flexibility index (Phi) is 6.83. The van der Waals surface area contributed by atoms with Gasteiger partial charge >= 0.3 is 5.97 Å². The molecule has 1 saturated carbocycles. The summed E-state index contributed by atoms with van der Waals surface area (Å²) in [5, 5.41) is 0. The van der Waals surface area contributed by atoms with E-state index in [9.17, 15) is 14.4 Å². The molecule has 6 nitrogen and oxygen atoms in total. The van der Waals surface area contributed by atoms with Gasteiger partial charge in [-0.25, -0.2) is 9.69 Å². The fourth-order valence-electron chi connectivity index (χ4n) is 5.35. The van der Waals surface area contributed by atoms with Crippen LogP contribution in [0.4, 0.5) is 5.69 Å². The van der Waals surface area contributed by atoms with E-state index in [1.807, 2.05) is 30.3 Å². The molecule has 2 amide bonds. The molecule has 1 aliphatic heterocycles. The molecular formula is C31H31NO5. The fraction of sp³-hybridized carbons (Fsp3) is 0.323. The Bertz CT molecular complexity index is 1320. The van der Waals surface area contributed by atoms with Gasteiger partial charge in [-0.15, -0.1) is 0 Å². The molecule has 1 fully saturated rings. The van der Waals surface area contributed by atoms with Crippen LogP contribution >= 0.6 is 0 Å². The molecule has 190 valence electrons. The maximum absolute atomic E-state index is 13.3. The molecule has 1 aliphatic carbocycles. The minimum Gasteiger partial charge on any atom is -0.458 e. The third-order valence-electron chi connectivity index (χ3n) is 7.42. The Morgan fingerprint density at radius 1 is 0.865 bits per heavy atom. The van der Waals surface area contributed by atoms with Crippen LogP contribution in [0.1, 0.15) is 71.1 Å². The molecule has 3 aromatic rings. The smallest absolute Gasteiger partial charge is 0.338 e. The van der Waals surface area contributed by atoms with E-state index in [0.717, 1.165) is 24.2 Å². The number of ether oxygens (including phenoxy) is 2. The predicted molar refractivity (Wildman–Crippen MR) is 141 cm³/mol. The number of fused-ring (bicyclic) bond motifs is 1. The highest BCUT2D eigenvalue weighted by Gasteiger charge is 2.38. The van der Waals surface area contributed by atoms with Gasteiger partial charge in [-0.1, -0.05) is 45.4 Å². The Balaban J connectivity index is 1.32. The first-order chi connectivity index (χ1) is 17.8. The molecule has 3 atom stereocenters. The van der Waals surface area contributed by atoms with E-state index in [4.69, 9.17) is 9.47 Å². The number of rotatable bonds is 6. The van der Waals surface area contributed by atoms with Gasteiger partial charge in [-0.3, -0.25) is 9.59 Å². The third kappa shape index (κ3) is 5.01. The lowest BCUT2D eigenvalue weighted by Gasteiger charge is -2.36. The molecule has 3 aromatic carbocycles. The number of hydrogen-bond donors (Lipinski definition) is 0. The number of esters is 1. The number of carbonyl (C=O) groups is 3. The summed E-state index contributed by atoms with van der Waals surface area (Å²) in [6.45, 7) is 6.51. The lowest BCUT2D eigenvalue weighted by molar-refractivity contribution is -0.0174. The van der Waals surface area contributed by atoms with Crippen molar-refractivity contribution in [1.82, 2.24) is 0 Å². The molecule has 1 heterocycles. The minimum absolute atomic E-state index is 0.144. The maximum atomic E-state index is 13.3. The topological polar surface area (TPSA) is 72.9 Å². The maximum Gasteiger partial charge on any atom is 0.338 e. The summed E-state index contributed by atoms with van der Waals surface area (Å²) in [6, 6.07) is 20.7. The molecule has 37 heavy (non-hydrogen) atoms. The van der Waals surface area contributed by atoms with Crippen molar-refractivity contribution in [3.63, 3.8) is 0 Å². The van der Waals surface area contributed by atoms with Crippen LogP contribution in [0.15, 0.2) is 72.8 Å². The number of imide groups is 1. The third-order valence-corrected chi connectivity index (χ3v) is 7.42. The second-order valence-corrected chi connectivity index (χ2v) is 10.4. The van der Waals surface area contributed by atoms with Crippen LogP contribution in [0, 0.1) is 17.8 Å². The molecule has 0 saturated heterocycles. The lowest BCUT2D eigenvalue weighted by atomic mass is 9.75. The molecule has 0 radical (unpaired) electrons. The van der Waals surface area contributed by atoms with Crippen molar-refractivity contribution >= 4 is 23.5 Å². The second kappa shape index (κ2) is 10.2. The van der Waals surface area contributed by atoms with E-state index < -0.39 is 17.8 Å². The lowest BCUT2D eigenvalue weighted by Crippen LogP contribution is -2.35. The van der Waals surface area contributed by atoms with Crippen molar-refractivity contribution in [3.05, 3.63) is 89.5 Å². The zero-order valence-electron chi connectivity index (χ0n) is 21.3. The van der Waals surface area contributed by atoms with Gasteiger partial charge in [0.25, 0.3) is 11.8 Å². The van der Waals surface area contributed by atoms with Gasteiger partial charge in [-0.05, 0) is 85.2 Å². The van der Waals surface area contributed by atoms with E-state index in [1.54, 1.807) is 36.4 Å². The average molecular weight is 498 g/mol. The highest BCUT2D eigenvalue weighted by atomic mass is 16.5. The summed E-state index contributed by atoms with van der Waals surface area (Å²) in [5.74, 6) is 1.20. The number of amides is 2. The van der Waals surface area contributed by atoms with Crippen LogP contribution in [0.25, 0.3) is 0 Å². The van der Waals surface area contributed by atoms with Crippen molar-refractivity contribution in [3.8, 4) is 11.5 Å². The summed E-state index contributed by atoms with van der Waals surface area (Å²) in [7, 11) is 0. The molecule has 0 bridgehead atoms. The van der Waals surface area contributed by atoms with Gasteiger partial charge in [0.2, 0.25) is 0 Å². The van der Waals surface area contributed by atoms with Crippen LogP contribution < -0.4 is 9.64 Å². The number of benzene rings is 3. The van der Waals surface area contributed by atoms with Crippen molar-refractivity contribution in [2.24, 2.45) is 17.8 Å². The SMILES string of the molecule is CC1CCC(C(C)C)C(OC(=O)c2ccc3c(c2)C(=O)N(c2ccc(Oc4ccccc4)cc2)C3=O)C1. The van der Waals surface area contributed by atoms with Crippen molar-refractivity contribution in [2.45, 2.75) is 46.1 Å². The van der Waals surface area contributed by atoms with Gasteiger partial charge in [-0.2, -0.15) is 0 Å². The van der Waals surface area contributed by atoms with E-state index in [0.29, 0.717) is 34.9 Å². The number of para-hydroxylation sites is 1. The van der Waals surface area contributed by atoms with Crippen molar-refractivity contribution < 1.29 is 23.9 Å². The Hall–Kier alpha value is -3.93. The highest BCUT2D eigenvalue weighted by molar-refractivity contribution is 6.34. The molecule has 0 N–H and O–H groups in total. The Morgan fingerprint density at radius 2 is 1.54 bits per heavy atom. The molecule has 5 rings (SSSR count). The van der Waals surface area contributed by atoms with Crippen LogP contribution in [-0.4, -0.2) is 23.9 Å².